The topological polar surface area (TPSA) is 20.2 Å². The predicted molar refractivity (Wildman–Crippen MR) is 114 cm³/mol. The zero-order valence-electron chi connectivity index (χ0n) is 15.9. The van der Waals surface area contributed by atoms with E-state index in [0.717, 1.165) is 22.3 Å². The molecule has 0 bridgehead atoms. The molecule has 0 spiro atoms. The number of rotatable bonds is 1. The van der Waals surface area contributed by atoms with E-state index < -0.39 is 0 Å². The van der Waals surface area contributed by atoms with Gasteiger partial charge < -0.3 is 5.11 Å². The van der Waals surface area contributed by atoms with E-state index in [4.69, 9.17) is 0 Å². The van der Waals surface area contributed by atoms with Crippen LogP contribution < -0.4 is 0 Å². The number of hydrogen-bond acceptors (Lipinski definition) is 1. The molecule has 0 aromatic heterocycles. The van der Waals surface area contributed by atoms with Gasteiger partial charge in [-0.1, -0.05) is 80.6 Å². The van der Waals surface area contributed by atoms with Gasteiger partial charge in [0.05, 0.1) is 0 Å². The summed E-state index contributed by atoms with van der Waals surface area (Å²) in [6, 6.07) is 18.7. The van der Waals surface area contributed by atoms with Crippen LogP contribution in [0.2, 0.25) is 0 Å². The number of phenolic OH excluding ortho intramolecular Hbond substituents is 1. The van der Waals surface area contributed by atoms with E-state index in [2.05, 4.69) is 69.8 Å². The first kappa shape index (κ1) is 16.1. The maximum absolute atomic E-state index is 10.8. The fourth-order valence-corrected chi connectivity index (χ4v) is 4.86. The quantitative estimate of drug-likeness (QED) is 0.400. The standard InChI is InChI=1S/C26H22O/c1-5-16-9-6-12-19-23(16)22-15(2)26(3,4)20-13-7-10-18(25(20)22)17-11-8-14-21(27)24(17)19/h5-14,27H,1H2,2-4H3. The molecular weight excluding hydrogens is 328 g/mol. The lowest BCUT2D eigenvalue weighted by atomic mass is 9.80. The van der Waals surface area contributed by atoms with Gasteiger partial charge in [-0.2, -0.15) is 0 Å². The highest BCUT2D eigenvalue weighted by molar-refractivity contribution is 6.08. The lowest BCUT2D eigenvalue weighted by molar-refractivity contribution is 0.477. The molecule has 3 aromatic carbocycles. The van der Waals surface area contributed by atoms with E-state index in [-0.39, 0.29) is 5.41 Å². The number of phenols is 1. The smallest absolute Gasteiger partial charge is 0.124 e. The Morgan fingerprint density at radius 2 is 1.44 bits per heavy atom. The van der Waals surface area contributed by atoms with E-state index in [1.54, 1.807) is 6.07 Å². The third kappa shape index (κ3) is 1.89. The van der Waals surface area contributed by atoms with Crippen molar-refractivity contribution in [2.75, 3.05) is 0 Å². The van der Waals surface area contributed by atoms with Gasteiger partial charge >= 0.3 is 0 Å². The fraction of sp³-hybridized carbons (Fsp3) is 0.154. The average molecular weight is 350 g/mol. The first-order chi connectivity index (χ1) is 13.0. The van der Waals surface area contributed by atoms with Crippen molar-refractivity contribution in [3.63, 3.8) is 0 Å². The molecule has 0 unspecified atom stereocenters. The van der Waals surface area contributed by atoms with Crippen LogP contribution in [0.3, 0.4) is 0 Å². The van der Waals surface area contributed by atoms with E-state index >= 15 is 0 Å². The Balaban J connectivity index is 2.10. The third-order valence-corrected chi connectivity index (χ3v) is 6.47. The van der Waals surface area contributed by atoms with Crippen molar-refractivity contribution in [2.24, 2.45) is 0 Å². The van der Waals surface area contributed by atoms with Crippen LogP contribution in [0.4, 0.5) is 0 Å². The van der Waals surface area contributed by atoms with Gasteiger partial charge in [0, 0.05) is 11.0 Å². The van der Waals surface area contributed by atoms with Gasteiger partial charge in [-0.15, -0.1) is 0 Å². The number of allylic oxidation sites excluding steroid dienone is 1. The summed E-state index contributed by atoms with van der Waals surface area (Å²) in [7, 11) is 0. The molecule has 132 valence electrons. The van der Waals surface area contributed by atoms with Crippen molar-refractivity contribution in [2.45, 2.75) is 26.2 Å². The van der Waals surface area contributed by atoms with Gasteiger partial charge in [0.25, 0.3) is 0 Å². The molecule has 1 N–H and O–H groups in total. The second kappa shape index (κ2) is 5.23. The molecule has 1 nitrogen and oxygen atoms in total. The second-order valence-corrected chi connectivity index (χ2v) is 8.03. The van der Waals surface area contributed by atoms with Gasteiger partial charge in [-0.05, 0) is 57.5 Å². The normalized spacial score (nSPS) is 15.7. The van der Waals surface area contributed by atoms with Crippen LogP contribution in [-0.4, -0.2) is 5.11 Å². The molecule has 2 aliphatic rings. The van der Waals surface area contributed by atoms with Crippen LogP contribution in [-0.2, 0) is 5.41 Å². The summed E-state index contributed by atoms with van der Waals surface area (Å²) >= 11 is 0. The Morgan fingerprint density at radius 3 is 2.19 bits per heavy atom. The molecule has 1 heteroatoms. The van der Waals surface area contributed by atoms with Gasteiger partial charge in [0.2, 0.25) is 0 Å². The number of benzene rings is 3. The van der Waals surface area contributed by atoms with Gasteiger partial charge in [-0.3, -0.25) is 0 Å². The summed E-state index contributed by atoms with van der Waals surface area (Å²) in [5, 5.41) is 10.8. The summed E-state index contributed by atoms with van der Waals surface area (Å²) in [4.78, 5) is 0. The largest absolute Gasteiger partial charge is 0.507 e. The lowest BCUT2D eigenvalue weighted by Gasteiger charge is -2.23. The van der Waals surface area contributed by atoms with Crippen LogP contribution in [0.15, 0.2) is 66.7 Å². The van der Waals surface area contributed by atoms with Crippen LogP contribution >= 0.6 is 0 Å². The highest BCUT2D eigenvalue weighted by Crippen LogP contribution is 2.57. The molecule has 0 saturated carbocycles. The molecule has 0 aliphatic heterocycles. The Bertz CT molecular complexity index is 1170. The van der Waals surface area contributed by atoms with E-state index in [1.807, 2.05) is 12.1 Å². The fourth-order valence-electron chi connectivity index (χ4n) is 4.86. The number of fused-ring (bicyclic) bond motifs is 5. The highest BCUT2D eigenvalue weighted by Gasteiger charge is 2.40. The minimum atomic E-state index is -0.0272. The molecule has 0 amide bonds. The number of hydrogen-bond donors (Lipinski definition) is 1. The van der Waals surface area contributed by atoms with Crippen molar-refractivity contribution in [3.05, 3.63) is 89.0 Å². The zero-order chi connectivity index (χ0) is 18.9. The Hall–Kier alpha value is -3.06. The molecule has 0 heterocycles. The summed E-state index contributed by atoms with van der Waals surface area (Å²) in [5.74, 6) is 0.324. The van der Waals surface area contributed by atoms with Crippen molar-refractivity contribution in [1.82, 2.24) is 0 Å². The summed E-state index contributed by atoms with van der Waals surface area (Å²) < 4.78 is 0. The van der Waals surface area contributed by atoms with Crippen molar-refractivity contribution in [1.29, 1.82) is 0 Å². The Kier molecular flexibility index (Phi) is 3.13. The van der Waals surface area contributed by atoms with E-state index in [0.29, 0.717) is 5.75 Å². The van der Waals surface area contributed by atoms with Crippen molar-refractivity contribution >= 4 is 11.6 Å². The second-order valence-electron chi connectivity index (χ2n) is 8.03. The first-order valence-corrected chi connectivity index (χ1v) is 9.40. The minimum absolute atomic E-state index is 0.0272. The Morgan fingerprint density at radius 1 is 0.815 bits per heavy atom. The Labute approximate surface area is 160 Å². The van der Waals surface area contributed by atoms with Gasteiger partial charge in [0.15, 0.2) is 0 Å². The maximum atomic E-state index is 10.8. The SMILES string of the molecule is C=Cc1cccc2c1C1=C(C)C(C)(C)c3cccc(c31)-c1cccc(O)c1-2. The van der Waals surface area contributed by atoms with Gasteiger partial charge in [0.1, 0.15) is 5.75 Å². The number of aromatic hydroxyl groups is 1. The molecule has 0 atom stereocenters. The molecule has 3 aromatic rings. The summed E-state index contributed by atoms with van der Waals surface area (Å²) in [5.41, 5.74) is 11.9. The molecule has 27 heavy (non-hydrogen) atoms. The van der Waals surface area contributed by atoms with Crippen LogP contribution in [0.1, 0.15) is 43.0 Å². The van der Waals surface area contributed by atoms with Crippen LogP contribution in [0, 0.1) is 0 Å². The van der Waals surface area contributed by atoms with Gasteiger partial charge in [-0.25, -0.2) is 0 Å². The van der Waals surface area contributed by atoms with Crippen LogP contribution in [0.5, 0.6) is 5.75 Å². The van der Waals surface area contributed by atoms with Crippen LogP contribution in [0.25, 0.3) is 33.9 Å². The van der Waals surface area contributed by atoms with Crippen molar-refractivity contribution < 1.29 is 5.11 Å². The molecule has 0 saturated heterocycles. The van der Waals surface area contributed by atoms with E-state index in [9.17, 15) is 5.11 Å². The molecular formula is C26H22O. The summed E-state index contributed by atoms with van der Waals surface area (Å²) in [6.45, 7) is 10.9. The summed E-state index contributed by atoms with van der Waals surface area (Å²) in [6.07, 6.45) is 1.93. The maximum Gasteiger partial charge on any atom is 0.124 e. The highest BCUT2D eigenvalue weighted by atomic mass is 16.3. The molecule has 5 rings (SSSR count). The predicted octanol–water partition coefficient (Wildman–Crippen LogP) is 6.80. The first-order valence-electron chi connectivity index (χ1n) is 9.40. The monoisotopic (exact) mass is 350 g/mol. The average Bonchev–Trinajstić information content (AvgIpc) is 2.79. The molecule has 2 aliphatic carbocycles. The van der Waals surface area contributed by atoms with Crippen molar-refractivity contribution in [3.8, 4) is 28.0 Å². The zero-order valence-corrected chi connectivity index (χ0v) is 15.9. The minimum Gasteiger partial charge on any atom is -0.507 e. The molecule has 0 fully saturated rings. The van der Waals surface area contributed by atoms with E-state index in [1.165, 1.54) is 33.4 Å². The lowest BCUT2D eigenvalue weighted by Crippen LogP contribution is -2.15. The molecule has 0 radical (unpaired) electrons. The third-order valence-electron chi connectivity index (χ3n) is 6.47.